The van der Waals surface area contributed by atoms with E-state index in [2.05, 4.69) is 36.0 Å². The van der Waals surface area contributed by atoms with Gasteiger partial charge in [0.15, 0.2) is 0 Å². The molecule has 0 unspecified atom stereocenters. The Labute approximate surface area is 133 Å². The van der Waals surface area contributed by atoms with Crippen molar-refractivity contribution in [3.05, 3.63) is 30.1 Å². The SMILES string of the molecule is CC[C@H](NC(=O)N1CCN(CC(C)C)CC1)c1ccncc1. The van der Waals surface area contributed by atoms with Crippen LogP contribution >= 0.6 is 0 Å². The molecule has 0 aromatic carbocycles. The molecule has 1 aliphatic heterocycles. The lowest BCUT2D eigenvalue weighted by Gasteiger charge is -2.36. The number of carbonyl (C=O) groups is 1. The fourth-order valence-electron chi connectivity index (χ4n) is 2.91. The second-order valence-corrected chi connectivity index (χ2v) is 6.37. The summed E-state index contributed by atoms with van der Waals surface area (Å²) in [5.74, 6) is 0.677. The number of pyridine rings is 1. The van der Waals surface area contributed by atoms with Gasteiger partial charge in [-0.15, -0.1) is 0 Å². The summed E-state index contributed by atoms with van der Waals surface area (Å²) < 4.78 is 0. The number of amides is 2. The van der Waals surface area contributed by atoms with Crippen molar-refractivity contribution in [1.82, 2.24) is 20.1 Å². The van der Waals surface area contributed by atoms with E-state index in [0.29, 0.717) is 5.92 Å². The molecule has 1 aromatic heterocycles. The average molecular weight is 304 g/mol. The highest BCUT2D eigenvalue weighted by molar-refractivity contribution is 5.74. The molecule has 0 aliphatic carbocycles. The predicted molar refractivity (Wildman–Crippen MR) is 88.7 cm³/mol. The fourth-order valence-corrected chi connectivity index (χ4v) is 2.91. The first-order valence-corrected chi connectivity index (χ1v) is 8.27. The molecule has 1 N–H and O–H groups in total. The maximum Gasteiger partial charge on any atom is 0.317 e. The number of urea groups is 1. The first-order chi connectivity index (χ1) is 10.6. The second-order valence-electron chi connectivity index (χ2n) is 6.37. The minimum atomic E-state index is 0.0489. The van der Waals surface area contributed by atoms with Gasteiger partial charge in [0.1, 0.15) is 0 Å². The number of rotatable bonds is 5. The Morgan fingerprint density at radius 2 is 1.86 bits per heavy atom. The van der Waals surface area contributed by atoms with Gasteiger partial charge in [-0.3, -0.25) is 9.88 Å². The molecule has 2 amide bonds. The third-order valence-electron chi connectivity index (χ3n) is 4.10. The first kappa shape index (κ1) is 16.7. The van der Waals surface area contributed by atoms with Crippen LogP contribution in [0.5, 0.6) is 0 Å². The lowest BCUT2D eigenvalue weighted by molar-refractivity contribution is 0.129. The lowest BCUT2D eigenvalue weighted by Crippen LogP contribution is -2.52. The molecule has 0 spiro atoms. The summed E-state index contributed by atoms with van der Waals surface area (Å²) in [7, 11) is 0. The molecule has 1 aromatic rings. The third kappa shape index (κ3) is 4.70. The van der Waals surface area contributed by atoms with Crippen LogP contribution in [0.1, 0.15) is 38.8 Å². The molecule has 0 saturated carbocycles. The number of hydrogen-bond acceptors (Lipinski definition) is 3. The number of piperazine rings is 1. The van der Waals surface area contributed by atoms with Crippen LogP contribution in [0, 0.1) is 5.92 Å². The van der Waals surface area contributed by atoms with Crippen LogP contribution in [-0.2, 0) is 0 Å². The van der Waals surface area contributed by atoms with E-state index < -0.39 is 0 Å². The van der Waals surface area contributed by atoms with E-state index in [-0.39, 0.29) is 12.1 Å². The van der Waals surface area contributed by atoms with Crippen LogP contribution in [0.15, 0.2) is 24.5 Å². The average Bonchev–Trinajstić information content (AvgIpc) is 2.53. The monoisotopic (exact) mass is 304 g/mol. The topological polar surface area (TPSA) is 48.5 Å². The highest BCUT2D eigenvalue weighted by atomic mass is 16.2. The van der Waals surface area contributed by atoms with E-state index >= 15 is 0 Å². The smallest absolute Gasteiger partial charge is 0.317 e. The lowest BCUT2D eigenvalue weighted by atomic mass is 10.1. The molecule has 2 rings (SSSR count). The van der Waals surface area contributed by atoms with Crippen LogP contribution in [0.2, 0.25) is 0 Å². The van der Waals surface area contributed by atoms with Gasteiger partial charge in [-0.1, -0.05) is 20.8 Å². The van der Waals surface area contributed by atoms with Crippen molar-refractivity contribution in [1.29, 1.82) is 0 Å². The van der Waals surface area contributed by atoms with Crippen molar-refractivity contribution in [2.24, 2.45) is 5.92 Å². The van der Waals surface area contributed by atoms with E-state index in [0.717, 1.165) is 44.7 Å². The largest absolute Gasteiger partial charge is 0.331 e. The molecule has 1 aliphatic rings. The quantitative estimate of drug-likeness (QED) is 0.909. The maximum atomic E-state index is 12.5. The third-order valence-corrected chi connectivity index (χ3v) is 4.10. The zero-order valence-electron chi connectivity index (χ0n) is 14.0. The second kappa shape index (κ2) is 8.13. The van der Waals surface area contributed by atoms with E-state index in [1.165, 1.54) is 0 Å². The van der Waals surface area contributed by atoms with Gasteiger partial charge in [-0.25, -0.2) is 4.79 Å². The molecule has 1 atom stereocenters. The Balaban J connectivity index is 1.85. The molecule has 5 nitrogen and oxygen atoms in total. The normalized spacial score (nSPS) is 17.5. The van der Waals surface area contributed by atoms with Gasteiger partial charge in [0.2, 0.25) is 0 Å². The Morgan fingerprint density at radius 1 is 1.23 bits per heavy atom. The van der Waals surface area contributed by atoms with Crippen molar-refractivity contribution in [2.45, 2.75) is 33.2 Å². The minimum Gasteiger partial charge on any atom is -0.331 e. The number of aromatic nitrogens is 1. The van der Waals surface area contributed by atoms with Gasteiger partial charge in [0, 0.05) is 45.1 Å². The Morgan fingerprint density at radius 3 is 2.41 bits per heavy atom. The molecule has 22 heavy (non-hydrogen) atoms. The highest BCUT2D eigenvalue weighted by Gasteiger charge is 2.23. The number of nitrogens with one attached hydrogen (secondary N) is 1. The van der Waals surface area contributed by atoms with E-state index in [1.54, 1.807) is 12.4 Å². The zero-order chi connectivity index (χ0) is 15.9. The first-order valence-electron chi connectivity index (χ1n) is 8.27. The summed E-state index contributed by atoms with van der Waals surface area (Å²) in [5, 5.41) is 3.15. The van der Waals surface area contributed by atoms with Gasteiger partial charge in [-0.2, -0.15) is 0 Å². The van der Waals surface area contributed by atoms with Gasteiger partial charge >= 0.3 is 6.03 Å². The van der Waals surface area contributed by atoms with Crippen LogP contribution in [-0.4, -0.2) is 53.5 Å². The summed E-state index contributed by atoms with van der Waals surface area (Å²) in [4.78, 5) is 20.9. The van der Waals surface area contributed by atoms with Crippen molar-refractivity contribution in [2.75, 3.05) is 32.7 Å². The van der Waals surface area contributed by atoms with Gasteiger partial charge in [0.25, 0.3) is 0 Å². The van der Waals surface area contributed by atoms with Crippen molar-refractivity contribution in [3.63, 3.8) is 0 Å². The standard InChI is InChI=1S/C17H28N4O/c1-4-16(15-5-7-18-8-6-15)19-17(22)21-11-9-20(10-12-21)13-14(2)3/h5-8,14,16H,4,9-13H2,1-3H3,(H,19,22)/t16-/m0/s1. The van der Waals surface area contributed by atoms with Crippen LogP contribution < -0.4 is 5.32 Å². The maximum absolute atomic E-state index is 12.5. The summed E-state index contributed by atoms with van der Waals surface area (Å²) in [6, 6.07) is 4.04. The Hall–Kier alpha value is -1.62. The molecule has 1 fully saturated rings. The van der Waals surface area contributed by atoms with E-state index in [1.807, 2.05) is 17.0 Å². The van der Waals surface area contributed by atoms with Gasteiger partial charge < -0.3 is 10.2 Å². The summed E-state index contributed by atoms with van der Waals surface area (Å²) >= 11 is 0. The molecule has 0 radical (unpaired) electrons. The van der Waals surface area contributed by atoms with Gasteiger partial charge in [-0.05, 0) is 30.0 Å². The molecule has 1 saturated heterocycles. The summed E-state index contributed by atoms with van der Waals surface area (Å²) in [6.07, 6.45) is 4.42. The van der Waals surface area contributed by atoms with E-state index in [9.17, 15) is 4.79 Å². The molecule has 2 heterocycles. The van der Waals surface area contributed by atoms with E-state index in [4.69, 9.17) is 0 Å². The van der Waals surface area contributed by atoms with Crippen LogP contribution in [0.4, 0.5) is 4.79 Å². The summed E-state index contributed by atoms with van der Waals surface area (Å²) in [6.45, 7) is 11.2. The van der Waals surface area contributed by atoms with Gasteiger partial charge in [0.05, 0.1) is 6.04 Å². The predicted octanol–water partition coefficient (Wildman–Crippen LogP) is 2.52. The molecule has 5 heteroatoms. The summed E-state index contributed by atoms with van der Waals surface area (Å²) in [5.41, 5.74) is 1.12. The molecule has 0 bridgehead atoms. The van der Waals surface area contributed by atoms with Crippen LogP contribution in [0.3, 0.4) is 0 Å². The Kier molecular flexibility index (Phi) is 6.19. The fraction of sp³-hybridized carbons (Fsp3) is 0.647. The molecular formula is C17H28N4O. The zero-order valence-corrected chi connectivity index (χ0v) is 14.0. The minimum absolute atomic E-state index is 0.0489. The van der Waals surface area contributed by atoms with Crippen molar-refractivity contribution < 1.29 is 4.79 Å². The Bertz CT molecular complexity index is 455. The number of nitrogens with zero attached hydrogens (tertiary/aromatic N) is 3. The molecular weight excluding hydrogens is 276 g/mol. The number of hydrogen-bond donors (Lipinski definition) is 1. The number of carbonyl (C=O) groups excluding carboxylic acids is 1. The van der Waals surface area contributed by atoms with Crippen LogP contribution in [0.25, 0.3) is 0 Å². The highest BCUT2D eigenvalue weighted by Crippen LogP contribution is 2.16. The van der Waals surface area contributed by atoms with Crippen molar-refractivity contribution in [3.8, 4) is 0 Å². The molecule has 122 valence electrons. The van der Waals surface area contributed by atoms with Crippen molar-refractivity contribution >= 4 is 6.03 Å².